The van der Waals surface area contributed by atoms with Crippen molar-refractivity contribution in [3.8, 4) is 11.5 Å². The summed E-state index contributed by atoms with van der Waals surface area (Å²) in [5, 5.41) is 7.10. The van der Waals surface area contributed by atoms with Crippen molar-refractivity contribution in [3.05, 3.63) is 40.1 Å². The van der Waals surface area contributed by atoms with E-state index in [0.29, 0.717) is 30.4 Å². The van der Waals surface area contributed by atoms with Crippen molar-refractivity contribution in [1.82, 2.24) is 10.2 Å². The minimum atomic E-state index is -0.556. The third-order valence-corrected chi connectivity index (χ3v) is 5.33. The molecular formula is C18H19N3O4S. The van der Waals surface area contributed by atoms with E-state index < -0.39 is 6.03 Å². The molecule has 3 heterocycles. The summed E-state index contributed by atoms with van der Waals surface area (Å²) in [6, 6.07) is 6.66. The van der Waals surface area contributed by atoms with Gasteiger partial charge in [-0.2, -0.15) is 0 Å². The number of amides is 3. The molecule has 4 rings (SSSR count). The maximum atomic E-state index is 12.1. The average molecular weight is 373 g/mol. The number of urea groups is 1. The minimum absolute atomic E-state index is 0.198. The van der Waals surface area contributed by atoms with Crippen LogP contribution in [0.4, 0.5) is 10.5 Å². The number of rotatable bonds is 3. The fourth-order valence-electron chi connectivity index (χ4n) is 3.09. The molecule has 3 amide bonds. The van der Waals surface area contributed by atoms with Crippen LogP contribution >= 0.6 is 11.3 Å². The number of hydrogen-bond acceptors (Lipinski definition) is 6. The summed E-state index contributed by atoms with van der Waals surface area (Å²) in [5.74, 6) is 0.912. The van der Waals surface area contributed by atoms with Gasteiger partial charge in [0.15, 0.2) is 11.5 Å². The number of nitrogens with zero attached hydrogens (tertiary/aromatic N) is 1. The van der Waals surface area contributed by atoms with Crippen LogP contribution in [-0.4, -0.2) is 43.1 Å². The highest BCUT2D eigenvalue weighted by Gasteiger charge is 2.20. The Morgan fingerprint density at radius 1 is 1.15 bits per heavy atom. The van der Waals surface area contributed by atoms with Crippen molar-refractivity contribution in [2.75, 3.05) is 31.6 Å². The molecule has 0 saturated heterocycles. The van der Waals surface area contributed by atoms with Crippen LogP contribution in [0, 0.1) is 0 Å². The van der Waals surface area contributed by atoms with Gasteiger partial charge in [-0.25, -0.2) is 4.79 Å². The molecule has 0 atom stereocenters. The van der Waals surface area contributed by atoms with Crippen LogP contribution in [0.5, 0.6) is 11.5 Å². The molecule has 0 aliphatic carbocycles. The SMILES string of the molecule is O=C(CN1CCc2sccc2C1)NC(=O)Nc1ccc2c(c1)OCCO2. The summed E-state index contributed by atoms with van der Waals surface area (Å²) in [7, 11) is 0. The van der Waals surface area contributed by atoms with Gasteiger partial charge in [-0.15, -0.1) is 11.3 Å². The fourth-order valence-corrected chi connectivity index (χ4v) is 3.98. The lowest BCUT2D eigenvalue weighted by atomic mass is 10.1. The summed E-state index contributed by atoms with van der Waals surface area (Å²) < 4.78 is 10.9. The Bertz CT molecular complexity index is 836. The highest BCUT2D eigenvalue weighted by molar-refractivity contribution is 7.10. The second kappa shape index (κ2) is 7.35. The Hall–Kier alpha value is -2.58. The first-order valence-corrected chi connectivity index (χ1v) is 9.33. The van der Waals surface area contributed by atoms with Crippen molar-refractivity contribution in [2.45, 2.75) is 13.0 Å². The maximum Gasteiger partial charge on any atom is 0.325 e. The Morgan fingerprint density at radius 3 is 2.88 bits per heavy atom. The van der Waals surface area contributed by atoms with Crippen LogP contribution in [0.1, 0.15) is 10.4 Å². The van der Waals surface area contributed by atoms with E-state index in [1.807, 2.05) is 4.90 Å². The quantitative estimate of drug-likeness (QED) is 0.862. The van der Waals surface area contributed by atoms with Crippen LogP contribution in [-0.2, 0) is 17.8 Å². The predicted molar refractivity (Wildman–Crippen MR) is 97.9 cm³/mol. The standard InChI is InChI=1S/C18H19N3O4S/c22-17(11-21-5-3-16-12(10-21)4-8-26-16)20-18(23)19-13-1-2-14-15(9-13)25-7-6-24-14/h1-2,4,8-9H,3,5-7,10-11H2,(H2,19,20,22,23). The van der Waals surface area contributed by atoms with Crippen molar-refractivity contribution < 1.29 is 19.1 Å². The zero-order valence-electron chi connectivity index (χ0n) is 14.1. The lowest BCUT2D eigenvalue weighted by Gasteiger charge is -2.25. The number of ether oxygens (including phenoxy) is 2. The first-order chi connectivity index (χ1) is 12.7. The van der Waals surface area contributed by atoms with Gasteiger partial charge in [0, 0.05) is 29.7 Å². The monoisotopic (exact) mass is 373 g/mol. The molecule has 0 fully saturated rings. The molecule has 136 valence electrons. The molecule has 2 aromatic rings. The van der Waals surface area contributed by atoms with Crippen molar-refractivity contribution in [3.63, 3.8) is 0 Å². The number of fused-ring (bicyclic) bond motifs is 2. The second-order valence-electron chi connectivity index (χ2n) is 6.19. The van der Waals surface area contributed by atoms with E-state index in [2.05, 4.69) is 22.1 Å². The number of anilines is 1. The maximum absolute atomic E-state index is 12.1. The van der Waals surface area contributed by atoms with Gasteiger partial charge in [0.05, 0.1) is 6.54 Å². The van der Waals surface area contributed by atoms with Crippen molar-refractivity contribution in [1.29, 1.82) is 0 Å². The highest BCUT2D eigenvalue weighted by Crippen LogP contribution is 2.32. The van der Waals surface area contributed by atoms with Gasteiger partial charge in [-0.05, 0) is 35.6 Å². The summed E-state index contributed by atoms with van der Waals surface area (Å²) in [6.45, 7) is 2.76. The van der Waals surface area contributed by atoms with Crippen molar-refractivity contribution >= 4 is 29.0 Å². The molecule has 0 unspecified atom stereocenters. The molecule has 0 bridgehead atoms. The van der Waals surface area contributed by atoms with Gasteiger partial charge in [0.25, 0.3) is 0 Å². The number of imide groups is 1. The van der Waals surface area contributed by atoms with Crippen LogP contribution < -0.4 is 20.1 Å². The van der Waals surface area contributed by atoms with Gasteiger partial charge in [-0.1, -0.05) is 0 Å². The topological polar surface area (TPSA) is 79.9 Å². The van der Waals surface area contributed by atoms with Crippen molar-refractivity contribution in [2.24, 2.45) is 0 Å². The Kier molecular flexibility index (Phi) is 4.77. The third kappa shape index (κ3) is 3.81. The van der Waals surface area contributed by atoms with Crippen LogP contribution in [0.15, 0.2) is 29.6 Å². The molecule has 0 saturated carbocycles. The van der Waals surface area contributed by atoms with Gasteiger partial charge < -0.3 is 14.8 Å². The number of hydrogen-bond donors (Lipinski definition) is 2. The largest absolute Gasteiger partial charge is 0.486 e. The Morgan fingerprint density at radius 2 is 2.00 bits per heavy atom. The first kappa shape index (κ1) is 16.9. The smallest absolute Gasteiger partial charge is 0.325 e. The Balaban J connectivity index is 1.29. The molecule has 1 aromatic heterocycles. The second-order valence-corrected chi connectivity index (χ2v) is 7.19. The zero-order chi connectivity index (χ0) is 17.9. The van der Waals surface area contributed by atoms with E-state index in [1.165, 1.54) is 10.4 Å². The summed E-state index contributed by atoms with van der Waals surface area (Å²) >= 11 is 1.76. The molecule has 2 N–H and O–H groups in total. The molecule has 0 radical (unpaired) electrons. The summed E-state index contributed by atoms with van der Waals surface area (Å²) in [6.07, 6.45) is 0.948. The van der Waals surface area contributed by atoms with E-state index in [1.54, 1.807) is 29.5 Å². The van der Waals surface area contributed by atoms with E-state index in [-0.39, 0.29) is 12.5 Å². The molecule has 0 spiro atoms. The Labute approximate surface area is 154 Å². The van der Waals surface area contributed by atoms with Crippen LogP contribution in [0.25, 0.3) is 0 Å². The minimum Gasteiger partial charge on any atom is -0.486 e. The van der Waals surface area contributed by atoms with Crippen LogP contribution in [0.3, 0.4) is 0 Å². The molecule has 7 nitrogen and oxygen atoms in total. The average Bonchev–Trinajstić information content (AvgIpc) is 3.09. The number of carbonyl (C=O) groups excluding carboxylic acids is 2. The van der Waals surface area contributed by atoms with Gasteiger partial charge in [-0.3, -0.25) is 15.0 Å². The summed E-state index contributed by atoms with van der Waals surface area (Å²) in [4.78, 5) is 27.6. The predicted octanol–water partition coefficient (Wildman–Crippen LogP) is 2.23. The van der Waals surface area contributed by atoms with Gasteiger partial charge in [0.2, 0.25) is 5.91 Å². The number of thiophene rings is 1. The van der Waals surface area contributed by atoms with E-state index in [0.717, 1.165) is 19.5 Å². The number of carbonyl (C=O) groups is 2. The van der Waals surface area contributed by atoms with Gasteiger partial charge in [0.1, 0.15) is 13.2 Å². The normalized spacial score (nSPS) is 15.8. The number of benzene rings is 1. The van der Waals surface area contributed by atoms with E-state index in [9.17, 15) is 9.59 Å². The molecule has 8 heteroatoms. The molecule has 2 aliphatic heterocycles. The third-order valence-electron chi connectivity index (χ3n) is 4.31. The fraction of sp³-hybridized carbons (Fsp3) is 0.333. The van der Waals surface area contributed by atoms with E-state index >= 15 is 0 Å². The van der Waals surface area contributed by atoms with Gasteiger partial charge >= 0.3 is 6.03 Å². The first-order valence-electron chi connectivity index (χ1n) is 8.45. The molecule has 26 heavy (non-hydrogen) atoms. The molecular weight excluding hydrogens is 354 g/mol. The lowest BCUT2D eigenvalue weighted by Crippen LogP contribution is -2.43. The highest BCUT2D eigenvalue weighted by atomic mass is 32.1. The number of nitrogens with one attached hydrogen (secondary N) is 2. The zero-order valence-corrected chi connectivity index (χ0v) is 14.9. The summed E-state index contributed by atoms with van der Waals surface area (Å²) in [5.41, 5.74) is 1.82. The van der Waals surface area contributed by atoms with E-state index in [4.69, 9.17) is 9.47 Å². The lowest BCUT2D eigenvalue weighted by molar-refractivity contribution is -0.121. The molecule has 1 aromatic carbocycles. The molecule has 2 aliphatic rings. The van der Waals surface area contributed by atoms with Crippen LogP contribution in [0.2, 0.25) is 0 Å².